The average molecular weight is 373 g/mol. The van der Waals surface area contributed by atoms with Gasteiger partial charge in [0, 0.05) is 17.9 Å². The molecule has 0 saturated carbocycles. The van der Waals surface area contributed by atoms with E-state index in [4.69, 9.17) is 5.11 Å². The summed E-state index contributed by atoms with van der Waals surface area (Å²) in [5.41, 5.74) is 0. The maximum Gasteiger partial charge on any atom is 0.303 e. The van der Waals surface area contributed by atoms with Crippen molar-refractivity contribution in [2.75, 3.05) is 12.3 Å². The van der Waals surface area contributed by atoms with Gasteiger partial charge in [-0.25, -0.2) is 8.42 Å². The summed E-state index contributed by atoms with van der Waals surface area (Å²) in [6.07, 6.45) is 0.890. The maximum absolute atomic E-state index is 12.3. The molecule has 0 aliphatic heterocycles. The van der Waals surface area contributed by atoms with Gasteiger partial charge in [-0.15, -0.1) is 11.8 Å². The fourth-order valence-electron chi connectivity index (χ4n) is 2.02. The standard InChI is InChI=1S/C16H23NO5S2/c1-3-11-24(21,22)14-8-5-4-7-13(14)23-12(2)16(20)17-10-6-9-15(18)19/h4-5,7-8,12H,3,6,9-11H2,1-2H3,(H,17,20)(H,18,19). The Morgan fingerprint density at radius 2 is 1.96 bits per heavy atom. The molecule has 0 bridgehead atoms. The summed E-state index contributed by atoms with van der Waals surface area (Å²) in [5, 5.41) is 10.7. The molecule has 1 aromatic carbocycles. The van der Waals surface area contributed by atoms with Gasteiger partial charge in [0.1, 0.15) is 0 Å². The first-order valence-corrected chi connectivity index (χ1v) is 10.3. The van der Waals surface area contributed by atoms with E-state index in [1.165, 1.54) is 11.8 Å². The third kappa shape index (κ3) is 6.52. The maximum atomic E-state index is 12.3. The van der Waals surface area contributed by atoms with Crippen LogP contribution >= 0.6 is 11.8 Å². The number of carboxylic acids is 1. The van der Waals surface area contributed by atoms with E-state index in [1.54, 1.807) is 38.1 Å². The monoisotopic (exact) mass is 373 g/mol. The van der Waals surface area contributed by atoms with Gasteiger partial charge in [-0.2, -0.15) is 0 Å². The molecule has 0 saturated heterocycles. The number of benzene rings is 1. The number of hydrogen-bond donors (Lipinski definition) is 2. The van der Waals surface area contributed by atoms with Crippen molar-refractivity contribution in [3.63, 3.8) is 0 Å². The molecule has 24 heavy (non-hydrogen) atoms. The number of rotatable bonds is 10. The quantitative estimate of drug-likeness (QED) is 0.482. The lowest BCUT2D eigenvalue weighted by Crippen LogP contribution is -2.32. The van der Waals surface area contributed by atoms with Crippen LogP contribution in [-0.4, -0.2) is 42.9 Å². The van der Waals surface area contributed by atoms with Gasteiger partial charge >= 0.3 is 5.97 Å². The molecule has 0 aliphatic rings. The van der Waals surface area contributed by atoms with Crippen LogP contribution in [0.2, 0.25) is 0 Å². The molecule has 2 N–H and O–H groups in total. The Bertz CT molecular complexity index is 673. The minimum absolute atomic E-state index is 0.000101. The third-order valence-electron chi connectivity index (χ3n) is 3.20. The molecule has 1 unspecified atom stereocenters. The molecule has 1 atom stereocenters. The highest BCUT2D eigenvalue weighted by molar-refractivity contribution is 8.01. The molecule has 0 aromatic heterocycles. The number of thioether (sulfide) groups is 1. The predicted molar refractivity (Wildman–Crippen MR) is 94.0 cm³/mol. The number of hydrogen-bond acceptors (Lipinski definition) is 5. The highest BCUT2D eigenvalue weighted by Crippen LogP contribution is 2.30. The summed E-state index contributed by atoms with van der Waals surface area (Å²) >= 11 is 1.19. The lowest BCUT2D eigenvalue weighted by atomic mass is 10.3. The van der Waals surface area contributed by atoms with E-state index in [2.05, 4.69) is 5.32 Å². The number of sulfone groups is 1. The summed E-state index contributed by atoms with van der Waals surface area (Å²) in [5.74, 6) is -1.07. The number of amides is 1. The largest absolute Gasteiger partial charge is 0.481 e. The molecule has 8 heteroatoms. The Morgan fingerprint density at radius 3 is 2.58 bits per heavy atom. The lowest BCUT2D eigenvalue weighted by molar-refractivity contribution is -0.137. The van der Waals surface area contributed by atoms with Crippen molar-refractivity contribution >= 4 is 33.5 Å². The van der Waals surface area contributed by atoms with Crippen molar-refractivity contribution in [2.24, 2.45) is 0 Å². The number of carbonyl (C=O) groups excluding carboxylic acids is 1. The second-order valence-corrected chi connectivity index (χ2v) is 8.77. The van der Waals surface area contributed by atoms with Crippen molar-refractivity contribution in [1.29, 1.82) is 0 Å². The smallest absolute Gasteiger partial charge is 0.303 e. The van der Waals surface area contributed by atoms with Gasteiger partial charge in [0.2, 0.25) is 5.91 Å². The molecule has 0 aliphatic carbocycles. The van der Waals surface area contributed by atoms with Crippen molar-refractivity contribution in [3.8, 4) is 0 Å². The molecular weight excluding hydrogens is 350 g/mol. The topological polar surface area (TPSA) is 101 Å². The molecular formula is C16H23NO5S2. The Kier molecular flexibility index (Phi) is 8.27. The first kappa shape index (κ1) is 20.5. The van der Waals surface area contributed by atoms with E-state index >= 15 is 0 Å². The van der Waals surface area contributed by atoms with E-state index in [1.807, 2.05) is 0 Å². The Labute approximate surface area is 146 Å². The van der Waals surface area contributed by atoms with Crippen LogP contribution in [0.15, 0.2) is 34.1 Å². The van der Waals surface area contributed by atoms with E-state index in [0.717, 1.165) is 0 Å². The van der Waals surface area contributed by atoms with Gasteiger partial charge < -0.3 is 10.4 Å². The van der Waals surface area contributed by atoms with Crippen LogP contribution in [0.25, 0.3) is 0 Å². The van der Waals surface area contributed by atoms with Crippen LogP contribution in [-0.2, 0) is 19.4 Å². The van der Waals surface area contributed by atoms with Gasteiger partial charge in [0.15, 0.2) is 9.84 Å². The van der Waals surface area contributed by atoms with Gasteiger partial charge in [-0.1, -0.05) is 19.1 Å². The normalized spacial score (nSPS) is 12.6. The van der Waals surface area contributed by atoms with Crippen LogP contribution in [0, 0.1) is 0 Å². The fourth-order valence-corrected chi connectivity index (χ4v) is 4.88. The van der Waals surface area contributed by atoms with Crippen molar-refractivity contribution in [2.45, 2.75) is 48.2 Å². The van der Waals surface area contributed by atoms with Crippen LogP contribution in [0.1, 0.15) is 33.1 Å². The Hall–Kier alpha value is -1.54. The Morgan fingerprint density at radius 1 is 1.29 bits per heavy atom. The van der Waals surface area contributed by atoms with Gasteiger partial charge in [0.05, 0.1) is 15.9 Å². The highest BCUT2D eigenvalue weighted by Gasteiger charge is 2.21. The van der Waals surface area contributed by atoms with E-state index < -0.39 is 21.1 Å². The zero-order valence-corrected chi connectivity index (χ0v) is 15.5. The molecule has 0 radical (unpaired) electrons. The summed E-state index contributed by atoms with van der Waals surface area (Å²) in [7, 11) is -3.36. The van der Waals surface area contributed by atoms with Crippen LogP contribution in [0.3, 0.4) is 0 Å². The fraction of sp³-hybridized carbons (Fsp3) is 0.500. The van der Waals surface area contributed by atoms with Gasteiger partial charge in [-0.3, -0.25) is 9.59 Å². The zero-order valence-electron chi connectivity index (χ0n) is 13.8. The van der Waals surface area contributed by atoms with E-state index in [0.29, 0.717) is 17.7 Å². The Balaban J connectivity index is 2.72. The summed E-state index contributed by atoms with van der Waals surface area (Å²) < 4.78 is 24.6. The van der Waals surface area contributed by atoms with Crippen LogP contribution in [0.5, 0.6) is 0 Å². The number of nitrogens with one attached hydrogen (secondary N) is 1. The molecule has 0 heterocycles. The number of carbonyl (C=O) groups is 2. The molecule has 6 nitrogen and oxygen atoms in total. The third-order valence-corrected chi connectivity index (χ3v) is 6.48. The minimum atomic E-state index is -3.36. The average Bonchev–Trinajstić information content (AvgIpc) is 2.51. The number of aliphatic carboxylic acids is 1. The molecule has 1 amide bonds. The SMILES string of the molecule is CCCS(=O)(=O)c1ccccc1SC(C)C(=O)NCCCC(=O)O. The van der Waals surface area contributed by atoms with Gasteiger partial charge in [-0.05, 0) is 31.9 Å². The predicted octanol–water partition coefficient (Wildman–Crippen LogP) is 2.33. The highest BCUT2D eigenvalue weighted by atomic mass is 32.2. The summed E-state index contributed by atoms with van der Waals surface area (Å²) in [6, 6.07) is 6.67. The molecule has 0 spiro atoms. The number of carboxylic acid groups (broad SMARTS) is 1. The van der Waals surface area contributed by atoms with E-state index in [-0.39, 0.29) is 29.5 Å². The zero-order chi connectivity index (χ0) is 18.2. The first-order valence-electron chi connectivity index (χ1n) is 7.76. The first-order chi connectivity index (χ1) is 11.3. The molecule has 1 rings (SSSR count). The van der Waals surface area contributed by atoms with E-state index in [9.17, 15) is 18.0 Å². The second-order valence-electron chi connectivity index (χ2n) is 5.31. The molecule has 1 aromatic rings. The van der Waals surface area contributed by atoms with Crippen molar-refractivity contribution in [1.82, 2.24) is 5.32 Å². The second kappa shape index (κ2) is 9.68. The van der Waals surface area contributed by atoms with Crippen molar-refractivity contribution < 1.29 is 23.1 Å². The van der Waals surface area contributed by atoms with Gasteiger partial charge in [0.25, 0.3) is 0 Å². The lowest BCUT2D eigenvalue weighted by Gasteiger charge is -2.14. The minimum Gasteiger partial charge on any atom is -0.481 e. The molecule has 134 valence electrons. The van der Waals surface area contributed by atoms with Crippen LogP contribution in [0.4, 0.5) is 0 Å². The van der Waals surface area contributed by atoms with Crippen LogP contribution < -0.4 is 5.32 Å². The summed E-state index contributed by atoms with van der Waals surface area (Å²) in [6.45, 7) is 3.78. The van der Waals surface area contributed by atoms with Crippen molar-refractivity contribution in [3.05, 3.63) is 24.3 Å². The summed E-state index contributed by atoms with van der Waals surface area (Å²) in [4.78, 5) is 23.3. The molecule has 0 fully saturated rings.